The smallest absolute Gasteiger partial charge is 0.319 e. The van der Waals surface area contributed by atoms with Crippen LogP contribution in [0, 0.1) is 0 Å². The molecule has 2 heterocycles. The Labute approximate surface area is 174 Å². The van der Waals surface area contributed by atoms with Crippen molar-refractivity contribution in [2.45, 2.75) is 18.9 Å². The quantitative estimate of drug-likeness (QED) is 0.655. The fourth-order valence-electron chi connectivity index (χ4n) is 3.41. The predicted octanol–water partition coefficient (Wildman–Crippen LogP) is 4.50. The Balaban J connectivity index is 1.26. The summed E-state index contributed by atoms with van der Waals surface area (Å²) >= 11 is 0. The number of furan rings is 1. The molecule has 0 spiro atoms. The molecule has 0 unspecified atom stereocenters. The summed E-state index contributed by atoms with van der Waals surface area (Å²) in [7, 11) is 0. The van der Waals surface area contributed by atoms with Crippen LogP contribution in [0.25, 0.3) is 0 Å². The summed E-state index contributed by atoms with van der Waals surface area (Å²) in [6.45, 7) is 1.19. The van der Waals surface area contributed by atoms with Crippen molar-refractivity contribution < 1.29 is 18.7 Å². The molecule has 3 aromatic rings. The van der Waals surface area contributed by atoms with Crippen molar-refractivity contribution in [3.05, 3.63) is 78.8 Å². The first kappa shape index (κ1) is 19.6. The van der Waals surface area contributed by atoms with Gasteiger partial charge in [-0.1, -0.05) is 24.3 Å². The van der Waals surface area contributed by atoms with Gasteiger partial charge in [-0.05, 0) is 43.2 Å². The number of amides is 3. The molecular formula is C23H23N3O4. The maximum absolute atomic E-state index is 12.4. The number of piperidine rings is 1. The number of hydrogen-bond donors (Lipinski definition) is 2. The van der Waals surface area contributed by atoms with E-state index in [1.165, 1.54) is 12.5 Å². The van der Waals surface area contributed by atoms with Gasteiger partial charge in [0, 0.05) is 30.9 Å². The monoisotopic (exact) mass is 405 g/mol. The SMILES string of the molecule is O=C(Nc1cccc(Oc2ccccc2)c1)NC1CCN(C(=O)c2ccoc2)CC1. The lowest BCUT2D eigenvalue weighted by Gasteiger charge is -2.32. The minimum atomic E-state index is -0.272. The van der Waals surface area contributed by atoms with Gasteiger partial charge in [-0.2, -0.15) is 0 Å². The van der Waals surface area contributed by atoms with Crippen molar-refractivity contribution in [1.29, 1.82) is 0 Å². The first-order chi connectivity index (χ1) is 14.7. The highest BCUT2D eigenvalue weighted by Crippen LogP contribution is 2.24. The molecule has 0 bridgehead atoms. The van der Waals surface area contributed by atoms with E-state index in [1.807, 2.05) is 48.5 Å². The number of carbonyl (C=O) groups is 2. The van der Waals surface area contributed by atoms with Crippen molar-refractivity contribution in [1.82, 2.24) is 10.2 Å². The number of carbonyl (C=O) groups excluding carboxylic acids is 2. The summed E-state index contributed by atoms with van der Waals surface area (Å²) in [6, 6.07) is 18.1. The molecule has 3 amide bonds. The van der Waals surface area contributed by atoms with Crippen molar-refractivity contribution >= 4 is 17.6 Å². The van der Waals surface area contributed by atoms with Gasteiger partial charge >= 0.3 is 6.03 Å². The summed E-state index contributed by atoms with van der Waals surface area (Å²) in [6.07, 6.45) is 4.35. The van der Waals surface area contributed by atoms with Crippen LogP contribution < -0.4 is 15.4 Å². The lowest BCUT2D eigenvalue weighted by Crippen LogP contribution is -2.47. The second kappa shape index (κ2) is 9.17. The van der Waals surface area contributed by atoms with Crippen LogP contribution in [0.5, 0.6) is 11.5 Å². The predicted molar refractivity (Wildman–Crippen MR) is 113 cm³/mol. The molecule has 0 radical (unpaired) electrons. The molecule has 30 heavy (non-hydrogen) atoms. The Bertz CT molecular complexity index is 981. The van der Waals surface area contributed by atoms with Crippen LogP contribution in [0.2, 0.25) is 0 Å². The van der Waals surface area contributed by atoms with E-state index in [-0.39, 0.29) is 18.0 Å². The third-order valence-corrected chi connectivity index (χ3v) is 4.96. The number of rotatable bonds is 5. The topological polar surface area (TPSA) is 83.8 Å². The molecular weight excluding hydrogens is 382 g/mol. The first-order valence-electron chi connectivity index (χ1n) is 9.89. The molecule has 1 saturated heterocycles. The van der Waals surface area contributed by atoms with Crippen LogP contribution in [0.15, 0.2) is 77.6 Å². The standard InChI is InChI=1S/C23H23N3O4/c27-22(17-11-14-29-16-17)26-12-9-18(10-13-26)24-23(28)25-19-5-4-8-21(15-19)30-20-6-2-1-3-7-20/h1-8,11,14-16,18H,9-10,12-13H2,(H2,24,25,28). The second-order valence-electron chi connectivity index (χ2n) is 7.12. The highest BCUT2D eigenvalue weighted by atomic mass is 16.5. The van der Waals surface area contributed by atoms with E-state index in [9.17, 15) is 9.59 Å². The summed E-state index contributed by atoms with van der Waals surface area (Å²) < 4.78 is 10.8. The van der Waals surface area contributed by atoms with E-state index in [2.05, 4.69) is 10.6 Å². The zero-order valence-electron chi connectivity index (χ0n) is 16.4. The van der Waals surface area contributed by atoms with Gasteiger partial charge in [0.05, 0.1) is 11.8 Å². The molecule has 0 atom stereocenters. The average Bonchev–Trinajstić information content (AvgIpc) is 3.30. The Hall–Kier alpha value is -3.74. The van der Waals surface area contributed by atoms with Gasteiger partial charge in [-0.25, -0.2) is 4.79 Å². The van der Waals surface area contributed by atoms with E-state index in [4.69, 9.17) is 9.15 Å². The highest BCUT2D eigenvalue weighted by molar-refractivity contribution is 5.94. The minimum Gasteiger partial charge on any atom is -0.472 e. The number of likely N-dealkylation sites (tertiary alicyclic amines) is 1. The molecule has 154 valence electrons. The molecule has 0 saturated carbocycles. The minimum absolute atomic E-state index is 0.0159. The summed E-state index contributed by atoms with van der Waals surface area (Å²) in [5, 5.41) is 5.83. The average molecular weight is 405 g/mol. The van der Waals surface area contributed by atoms with E-state index in [0.29, 0.717) is 42.9 Å². The maximum Gasteiger partial charge on any atom is 0.319 e. The molecule has 1 aliphatic rings. The Kier molecular flexibility index (Phi) is 5.98. The van der Waals surface area contributed by atoms with Crippen molar-refractivity contribution in [2.24, 2.45) is 0 Å². The number of hydrogen-bond acceptors (Lipinski definition) is 4. The van der Waals surface area contributed by atoms with Gasteiger partial charge in [0.1, 0.15) is 17.8 Å². The zero-order chi connectivity index (χ0) is 20.8. The fourth-order valence-corrected chi connectivity index (χ4v) is 3.41. The maximum atomic E-state index is 12.4. The number of anilines is 1. The van der Waals surface area contributed by atoms with Crippen LogP contribution in [0.4, 0.5) is 10.5 Å². The number of ether oxygens (including phenoxy) is 1. The fraction of sp³-hybridized carbons (Fsp3) is 0.217. The molecule has 0 aliphatic carbocycles. The number of urea groups is 1. The van der Waals surface area contributed by atoms with Crippen LogP contribution in [-0.4, -0.2) is 36.0 Å². The number of nitrogens with one attached hydrogen (secondary N) is 2. The third kappa shape index (κ3) is 5.00. The van der Waals surface area contributed by atoms with Crippen LogP contribution in [0.1, 0.15) is 23.2 Å². The van der Waals surface area contributed by atoms with Crippen LogP contribution in [0.3, 0.4) is 0 Å². The van der Waals surface area contributed by atoms with Gasteiger partial charge in [0.25, 0.3) is 5.91 Å². The van der Waals surface area contributed by atoms with E-state index >= 15 is 0 Å². The summed E-state index contributed by atoms with van der Waals surface area (Å²) in [5.74, 6) is 1.34. The van der Waals surface area contributed by atoms with Gasteiger partial charge in [0.2, 0.25) is 0 Å². The third-order valence-electron chi connectivity index (χ3n) is 4.96. The van der Waals surface area contributed by atoms with E-state index in [0.717, 1.165) is 5.75 Å². The normalized spacial score (nSPS) is 14.2. The molecule has 2 N–H and O–H groups in total. The highest BCUT2D eigenvalue weighted by Gasteiger charge is 2.25. The molecule has 2 aromatic carbocycles. The Morgan fingerprint density at radius 2 is 1.73 bits per heavy atom. The zero-order valence-corrected chi connectivity index (χ0v) is 16.4. The molecule has 7 heteroatoms. The van der Waals surface area contributed by atoms with E-state index < -0.39 is 0 Å². The molecule has 1 fully saturated rings. The summed E-state index contributed by atoms with van der Waals surface area (Å²) in [4.78, 5) is 26.5. The van der Waals surface area contributed by atoms with Gasteiger partial charge < -0.3 is 24.7 Å². The Morgan fingerprint density at radius 1 is 0.967 bits per heavy atom. The van der Waals surface area contributed by atoms with Crippen LogP contribution >= 0.6 is 0 Å². The van der Waals surface area contributed by atoms with Crippen molar-refractivity contribution in [3.63, 3.8) is 0 Å². The number of benzene rings is 2. The first-order valence-corrected chi connectivity index (χ1v) is 9.89. The van der Waals surface area contributed by atoms with Gasteiger partial charge in [-0.15, -0.1) is 0 Å². The molecule has 1 aromatic heterocycles. The lowest BCUT2D eigenvalue weighted by atomic mass is 10.0. The second-order valence-corrected chi connectivity index (χ2v) is 7.12. The Morgan fingerprint density at radius 3 is 2.47 bits per heavy atom. The number of para-hydroxylation sites is 1. The van der Waals surface area contributed by atoms with Crippen LogP contribution in [-0.2, 0) is 0 Å². The van der Waals surface area contributed by atoms with Gasteiger partial charge in [-0.3, -0.25) is 4.79 Å². The number of nitrogens with zero attached hydrogens (tertiary/aromatic N) is 1. The molecule has 1 aliphatic heterocycles. The lowest BCUT2D eigenvalue weighted by molar-refractivity contribution is 0.0708. The molecule has 7 nitrogen and oxygen atoms in total. The molecule has 4 rings (SSSR count). The summed E-state index contributed by atoms with van der Waals surface area (Å²) in [5.41, 5.74) is 1.20. The van der Waals surface area contributed by atoms with Gasteiger partial charge in [0.15, 0.2) is 0 Å². The van der Waals surface area contributed by atoms with Crippen molar-refractivity contribution in [2.75, 3.05) is 18.4 Å². The largest absolute Gasteiger partial charge is 0.472 e. The van der Waals surface area contributed by atoms with E-state index in [1.54, 1.807) is 17.0 Å². The van der Waals surface area contributed by atoms with Crippen molar-refractivity contribution in [3.8, 4) is 11.5 Å².